The summed E-state index contributed by atoms with van der Waals surface area (Å²) >= 11 is 0. The summed E-state index contributed by atoms with van der Waals surface area (Å²) in [4.78, 5) is -0.506. The molecule has 0 bridgehead atoms. The summed E-state index contributed by atoms with van der Waals surface area (Å²) in [6, 6.07) is 8.51. The Morgan fingerprint density at radius 3 is 2.22 bits per heavy atom. The number of aromatic nitrogens is 1. The normalized spacial score (nSPS) is 12.0. The van der Waals surface area contributed by atoms with E-state index in [0.29, 0.717) is 5.56 Å². The Morgan fingerprint density at radius 2 is 1.67 bits per heavy atom. The lowest BCUT2D eigenvalue weighted by molar-refractivity contribution is 0.113. The van der Waals surface area contributed by atoms with Gasteiger partial charge >= 0.3 is 0 Å². The summed E-state index contributed by atoms with van der Waals surface area (Å²) in [6.07, 6.45) is -2.10. The summed E-state index contributed by atoms with van der Waals surface area (Å²) in [7, 11) is -3.78. The number of hydrogen-bond donors (Lipinski definition) is 0. The number of sulfone groups is 1. The molecule has 0 radical (unpaired) electrons. The van der Waals surface area contributed by atoms with Crippen LogP contribution in [0, 0.1) is 19.7 Å². The van der Waals surface area contributed by atoms with Gasteiger partial charge in [0.2, 0.25) is 5.76 Å². The van der Waals surface area contributed by atoms with Crippen LogP contribution in [-0.2, 0) is 9.84 Å². The van der Waals surface area contributed by atoms with Crippen LogP contribution in [0.1, 0.15) is 23.3 Å². The maximum absolute atomic E-state index is 14.3. The van der Waals surface area contributed by atoms with Crippen molar-refractivity contribution in [3.8, 4) is 22.4 Å². The van der Waals surface area contributed by atoms with E-state index in [1.54, 1.807) is 12.1 Å². The van der Waals surface area contributed by atoms with Gasteiger partial charge in [-0.15, -0.1) is 0 Å². The summed E-state index contributed by atoms with van der Waals surface area (Å²) in [5.74, 6) is -1.72. The van der Waals surface area contributed by atoms with E-state index in [0.717, 1.165) is 29.5 Å². The topological polar surface area (TPSA) is 60.2 Å². The van der Waals surface area contributed by atoms with Crippen LogP contribution < -0.4 is 0 Å². The minimum absolute atomic E-state index is 0.0599. The zero-order chi connectivity index (χ0) is 19.9. The van der Waals surface area contributed by atoms with Crippen molar-refractivity contribution in [1.82, 2.24) is 5.16 Å². The number of rotatable bonds is 4. The van der Waals surface area contributed by atoms with Crippen molar-refractivity contribution in [2.45, 2.75) is 25.2 Å². The first-order valence-electron chi connectivity index (χ1n) is 7.95. The fraction of sp³-hybridized carbons (Fsp3) is 0.211. The molecule has 0 saturated heterocycles. The number of halogens is 3. The van der Waals surface area contributed by atoms with Crippen LogP contribution in [0.3, 0.4) is 0 Å². The zero-order valence-corrected chi connectivity index (χ0v) is 15.6. The quantitative estimate of drug-likeness (QED) is 0.616. The molecule has 0 amide bonds. The third-order valence-corrected chi connectivity index (χ3v) is 5.45. The first-order chi connectivity index (χ1) is 12.6. The molecule has 0 saturated carbocycles. The van der Waals surface area contributed by atoms with Gasteiger partial charge < -0.3 is 4.52 Å². The molecule has 1 heterocycles. The molecule has 8 heteroatoms. The van der Waals surface area contributed by atoms with Crippen LogP contribution in [0.15, 0.2) is 45.8 Å². The van der Waals surface area contributed by atoms with Gasteiger partial charge in [-0.05, 0) is 48.7 Å². The predicted molar refractivity (Wildman–Crippen MR) is 94.9 cm³/mol. The van der Waals surface area contributed by atoms with Crippen LogP contribution in [0.25, 0.3) is 22.4 Å². The van der Waals surface area contributed by atoms with E-state index >= 15 is 0 Å². The SMILES string of the molecule is Cc1ccc(-c2noc(C(F)F)c2-c2ccc(S(C)(=O)=O)c(F)c2)cc1C. The van der Waals surface area contributed by atoms with E-state index in [-0.39, 0.29) is 16.8 Å². The van der Waals surface area contributed by atoms with Crippen molar-refractivity contribution >= 4 is 9.84 Å². The Bertz CT molecular complexity index is 1120. The summed E-state index contributed by atoms with van der Waals surface area (Å²) in [5, 5.41) is 3.76. The molecule has 142 valence electrons. The number of nitrogens with zero attached hydrogens (tertiary/aromatic N) is 1. The summed E-state index contributed by atoms with van der Waals surface area (Å²) in [6.45, 7) is 3.78. The second-order valence-corrected chi connectivity index (χ2v) is 8.27. The third kappa shape index (κ3) is 3.62. The maximum Gasteiger partial charge on any atom is 0.298 e. The average Bonchev–Trinajstić information content (AvgIpc) is 3.01. The van der Waals surface area contributed by atoms with Gasteiger partial charge in [0, 0.05) is 11.8 Å². The van der Waals surface area contributed by atoms with Gasteiger partial charge in [0.25, 0.3) is 6.43 Å². The third-order valence-electron chi connectivity index (χ3n) is 4.32. The van der Waals surface area contributed by atoms with Crippen molar-refractivity contribution in [3.05, 3.63) is 59.1 Å². The molecule has 27 heavy (non-hydrogen) atoms. The van der Waals surface area contributed by atoms with Crippen LogP contribution in [0.4, 0.5) is 13.2 Å². The van der Waals surface area contributed by atoms with Gasteiger partial charge in [0.15, 0.2) is 9.84 Å². The van der Waals surface area contributed by atoms with Crippen molar-refractivity contribution in [1.29, 1.82) is 0 Å². The molecule has 0 spiro atoms. The van der Waals surface area contributed by atoms with E-state index in [9.17, 15) is 21.6 Å². The highest BCUT2D eigenvalue weighted by atomic mass is 32.2. The molecule has 4 nitrogen and oxygen atoms in total. The molecule has 0 unspecified atom stereocenters. The molecule has 2 aromatic carbocycles. The first kappa shape index (κ1) is 19.2. The molecular weight excluding hydrogens is 379 g/mol. The second kappa shape index (κ2) is 6.84. The number of hydrogen-bond acceptors (Lipinski definition) is 4. The first-order valence-corrected chi connectivity index (χ1v) is 9.84. The van der Waals surface area contributed by atoms with Crippen LogP contribution >= 0.6 is 0 Å². The lowest BCUT2D eigenvalue weighted by atomic mass is 9.97. The lowest BCUT2D eigenvalue weighted by Gasteiger charge is -2.08. The van der Waals surface area contributed by atoms with Crippen LogP contribution in [0.5, 0.6) is 0 Å². The average molecular weight is 395 g/mol. The van der Waals surface area contributed by atoms with Gasteiger partial charge in [-0.25, -0.2) is 21.6 Å². The van der Waals surface area contributed by atoms with Crippen molar-refractivity contribution in [2.24, 2.45) is 0 Å². The second-order valence-electron chi connectivity index (χ2n) is 6.29. The monoisotopic (exact) mass is 395 g/mol. The largest absolute Gasteiger partial charge is 0.354 e. The number of aryl methyl sites for hydroxylation is 2. The highest BCUT2D eigenvalue weighted by Crippen LogP contribution is 2.40. The summed E-state index contributed by atoms with van der Waals surface area (Å²) in [5.41, 5.74) is 2.62. The van der Waals surface area contributed by atoms with Gasteiger partial charge in [0.05, 0.1) is 5.56 Å². The molecule has 0 aliphatic heterocycles. The fourth-order valence-corrected chi connectivity index (χ4v) is 3.50. The standard InChI is InChI=1S/C19H16F3NO3S/c1-10-4-5-13(8-11(10)2)17-16(18(19(21)22)26-23-17)12-6-7-15(14(20)9-12)27(3,24)25/h4-9,19H,1-3H3. The van der Waals surface area contributed by atoms with Crippen LogP contribution in [-0.4, -0.2) is 19.8 Å². The van der Waals surface area contributed by atoms with E-state index in [2.05, 4.69) is 5.16 Å². The van der Waals surface area contributed by atoms with E-state index in [1.165, 1.54) is 6.07 Å². The zero-order valence-electron chi connectivity index (χ0n) is 14.8. The number of benzene rings is 2. The molecule has 1 aromatic heterocycles. The van der Waals surface area contributed by atoms with Gasteiger partial charge in [0.1, 0.15) is 16.4 Å². The molecule has 0 aliphatic rings. The fourth-order valence-electron chi connectivity index (χ4n) is 2.77. The van der Waals surface area contributed by atoms with Gasteiger partial charge in [-0.3, -0.25) is 0 Å². The molecule has 3 rings (SSSR count). The molecule has 3 aromatic rings. The van der Waals surface area contributed by atoms with Crippen LogP contribution in [0.2, 0.25) is 0 Å². The Morgan fingerprint density at radius 1 is 1.00 bits per heavy atom. The van der Waals surface area contributed by atoms with Crippen molar-refractivity contribution in [3.63, 3.8) is 0 Å². The predicted octanol–water partition coefficient (Wildman–Crippen LogP) is 5.11. The molecule has 0 fully saturated rings. The molecule has 0 N–H and O–H groups in total. The molecule has 0 atom stereocenters. The Balaban J connectivity index is 2.24. The maximum atomic E-state index is 14.3. The van der Waals surface area contributed by atoms with Crippen molar-refractivity contribution in [2.75, 3.05) is 6.26 Å². The molecular formula is C19H16F3NO3S. The highest BCUT2D eigenvalue weighted by molar-refractivity contribution is 7.90. The van der Waals surface area contributed by atoms with E-state index in [1.807, 2.05) is 19.9 Å². The van der Waals surface area contributed by atoms with E-state index in [4.69, 9.17) is 4.52 Å². The van der Waals surface area contributed by atoms with Crippen molar-refractivity contribution < 1.29 is 26.1 Å². The highest BCUT2D eigenvalue weighted by Gasteiger charge is 2.27. The Kier molecular flexibility index (Phi) is 4.86. The molecule has 0 aliphatic carbocycles. The lowest BCUT2D eigenvalue weighted by Crippen LogP contribution is -2.01. The Labute approximate surface area is 154 Å². The van der Waals surface area contributed by atoms with E-state index < -0.39 is 32.7 Å². The van der Waals surface area contributed by atoms with Gasteiger partial charge in [-0.1, -0.05) is 23.4 Å². The summed E-state index contributed by atoms with van der Waals surface area (Å²) < 4.78 is 69.2. The van der Waals surface area contributed by atoms with Gasteiger partial charge in [-0.2, -0.15) is 0 Å². The number of alkyl halides is 2. The minimum Gasteiger partial charge on any atom is -0.354 e. The Hall–Kier alpha value is -2.61. The minimum atomic E-state index is -3.78. The smallest absolute Gasteiger partial charge is 0.298 e.